The van der Waals surface area contributed by atoms with Gasteiger partial charge in [0.1, 0.15) is 6.17 Å². The van der Waals surface area contributed by atoms with E-state index in [-0.39, 0.29) is 12.1 Å². The quantitative estimate of drug-likeness (QED) is 0.886. The van der Waals surface area contributed by atoms with Gasteiger partial charge in [-0.1, -0.05) is 12.1 Å². The molecule has 0 spiro atoms. The molecule has 1 aromatic carbocycles. The van der Waals surface area contributed by atoms with Crippen LogP contribution in [0.2, 0.25) is 0 Å². The van der Waals surface area contributed by atoms with Crippen molar-refractivity contribution in [2.45, 2.75) is 19.0 Å². The van der Waals surface area contributed by atoms with Gasteiger partial charge in [-0.15, -0.1) is 0 Å². The summed E-state index contributed by atoms with van der Waals surface area (Å²) in [7, 11) is 0. The first-order chi connectivity index (χ1) is 10.8. The normalized spacial score (nSPS) is 20.3. The Hall–Kier alpha value is -2.63. The first-order valence-electron chi connectivity index (χ1n) is 7.54. The Labute approximate surface area is 128 Å². The van der Waals surface area contributed by atoms with Crippen LogP contribution in [0.5, 0.6) is 0 Å². The van der Waals surface area contributed by atoms with Crippen LogP contribution in [0.3, 0.4) is 0 Å². The molecule has 0 saturated carbocycles. The lowest BCUT2D eigenvalue weighted by molar-refractivity contribution is 0.0935. The smallest absolute Gasteiger partial charge is 0.255 e. The minimum atomic E-state index is -0.296. The number of para-hydroxylation sites is 1. The van der Waals surface area contributed by atoms with Crippen molar-refractivity contribution in [2.75, 3.05) is 23.3 Å². The highest BCUT2D eigenvalue weighted by Crippen LogP contribution is 2.26. The van der Waals surface area contributed by atoms with Crippen LogP contribution in [0, 0.1) is 0 Å². The van der Waals surface area contributed by atoms with E-state index in [0.717, 1.165) is 30.3 Å². The molecule has 22 heavy (non-hydrogen) atoms. The molecule has 1 aromatic heterocycles. The van der Waals surface area contributed by atoms with E-state index in [2.05, 4.69) is 25.5 Å². The molecule has 3 heterocycles. The van der Waals surface area contributed by atoms with Crippen LogP contribution in [0.4, 0.5) is 11.6 Å². The molecule has 1 atom stereocenters. The van der Waals surface area contributed by atoms with Gasteiger partial charge in [-0.05, 0) is 25.0 Å². The predicted octanol–water partition coefficient (Wildman–Crippen LogP) is 1.93. The molecule has 6 nitrogen and oxygen atoms in total. The van der Waals surface area contributed by atoms with E-state index < -0.39 is 0 Å². The van der Waals surface area contributed by atoms with Crippen molar-refractivity contribution in [3.8, 4) is 0 Å². The standard InChI is InChI=1S/C16H17N5O/c22-15-12-5-1-2-6-13(12)19-14(20-15)11-9-17-16(18-10-11)21-7-3-4-8-21/h1-2,5-6,9-10,14,19H,3-4,7-8H2,(H,20,22). The molecule has 2 aliphatic heterocycles. The lowest BCUT2D eigenvalue weighted by Gasteiger charge is -2.27. The SMILES string of the molecule is O=C1NC(c2cnc(N3CCCC3)nc2)Nc2ccccc21. The fourth-order valence-electron chi connectivity index (χ4n) is 2.93. The number of carbonyl (C=O) groups excluding carboxylic acids is 1. The van der Waals surface area contributed by atoms with Crippen LogP contribution in [-0.4, -0.2) is 29.0 Å². The number of hydrogen-bond donors (Lipinski definition) is 2. The van der Waals surface area contributed by atoms with Gasteiger partial charge < -0.3 is 15.5 Å². The number of amides is 1. The van der Waals surface area contributed by atoms with Gasteiger partial charge in [0.2, 0.25) is 5.95 Å². The van der Waals surface area contributed by atoms with E-state index in [1.54, 1.807) is 18.5 Å². The molecule has 1 amide bonds. The Balaban J connectivity index is 1.56. The summed E-state index contributed by atoms with van der Waals surface area (Å²) in [6.45, 7) is 2.04. The molecule has 4 rings (SSSR count). The summed E-state index contributed by atoms with van der Waals surface area (Å²) in [5.41, 5.74) is 2.35. The highest BCUT2D eigenvalue weighted by atomic mass is 16.2. The van der Waals surface area contributed by atoms with E-state index in [0.29, 0.717) is 5.56 Å². The van der Waals surface area contributed by atoms with Gasteiger partial charge in [0.15, 0.2) is 0 Å². The number of carbonyl (C=O) groups is 1. The molecular formula is C16H17N5O. The molecule has 2 aromatic rings. The molecule has 1 unspecified atom stereocenters. The van der Waals surface area contributed by atoms with Gasteiger partial charge in [0.25, 0.3) is 5.91 Å². The monoisotopic (exact) mass is 295 g/mol. The van der Waals surface area contributed by atoms with Crippen LogP contribution in [0.1, 0.15) is 34.9 Å². The maximum atomic E-state index is 12.1. The molecule has 6 heteroatoms. The zero-order valence-electron chi connectivity index (χ0n) is 12.1. The number of rotatable bonds is 2. The van der Waals surface area contributed by atoms with Crippen LogP contribution < -0.4 is 15.5 Å². The summed E-state index contributed by atoms with van der Waals surface area (Å²) in [5, 5.41) is 6.24. The zero-order valence-corrected chi connectivity index (χ0v) is 12.1. The average Bonchev–Trinajstić information content (AvgIpc) is 3.09. The first-order valence-corrected chi connectivity index (χ1v) is 7.54. The molecule has 1 fully saturated rings. The highest BCUT2D eigenvalue weighted by Gasteiger charge is 2.25. The van der Waals surface area contributed by atoms with Crippen LogP contribution in [0.15, 0.2) is 36.7 Å². The summed E-state index contributed by atoms with van der Waals surface area (Å²) >= 11 is 0. The van der Waals surface area contributed by atoms with Crippen molar-refractivity contribution in [1.29, 1.82) is 0 Å². The second kappa shape index (κ2) is 5.29. The van der Waals surface area contributed by atoms with Crippen molar-refractivity contribution >= 4 is 17.5 Å². The lowest BCUT2D eigenvalue weighted by atomic mass is 10.1. The van der Waals surface area contributed by atoms with E-state index >= 15 is 0 Å². The summed E-state index contributed by atoms with van der Waals surface area (Å²) in [6, 6.07) is 7.48. The third-order valence-corrected chi connectivity index (χ3v) is 4.13. The number of aromatic nitrogens is 2. The number of fused-ring (bicyclic) bond motifs is 1. The summed E-state index contributed by atoms with van der Waals surface area (Å²) < 4.78 is 0. The molecule has 0 radical (unpaired) electrons. The summed E-state index contributed by atoms with van der Waals surface area (Å²) in [4.78, 5) is 23.2. The van der Waals surface area contributed by atoms with Gasteiger partial charge >= 0.3 is 0 Å². The number of hydrogen-bond acceptors (Lipinski definition) is 5. The van der Waals surface area contributed by atoms with Crippen LogP contribution in [-0.2, 0) is 0 Å². The Morgan fingerprint density at radius 2 is 1.77 bits per heavy atom. The second-order valence-corrected chi connectivity index (χ2v) is 5.61. The molecular weight excluding hydrogens is 278 g/mol. The van der Waals surface area contributed by atoms with Gasteiger partial charge in [-0.3, -0.25) is 4.79 Å². The van der Waals surface area contributed by atoms with Gasteiger partial charge in [-0.2, -0.15) is 0 Å². The Kier molecular flexibility index (Phi) is 3.14. The summed E-state index contributed by atoms with van der Waals surface area (Å²) in [5.74, 6) is 0.687. The van der Waals surface area contributed by atoms with Gasteiger partial charge in [-0.25, -0.2) is 9.97 Å². The fourth-order valence-corrected chi connectivity index (χ4v) is 2.93. The van der Waals surface area contributed by atoms with Crippen molar-refractivity contribution in [3.63, 3.8) is 0 Å². The number of anilines is 2. The maximum absolute atomic E-state index is 12.1. The van der Waals surface area contributed by atoms with E-state index in [1.807, 2.05) is 18.2 Å². The van der Waals surface area contributed by atoms with E-state index in [4.69, 9.17) is 0 Å². The second-order valence-electron chi connectivity index (χ2n) is 5.61. The molecule has 2 N–H and O–H groups in total. The zero-order chi connectivity index (χ0) is 14.9. The van der Waals surface area contributed by atoms with Crippen molar-refractivity contribution in [3.05, 3.63) is 47.8 Å². The van der Waals surface area contributed by atoms with E-state index in [9.17, 15) is 4.79 Å². The predicted molar refractivity (Wildman–Crippen MR) is 83.8 cm³/mol. The van der Waals surface area contributed by atoms with Crippen molar-refractivity contribution < 1.29 is 4.79 Å². The highest BCUT2D eigenvalue weighted by molar-refractivity contribution is 6.01. The van der Waals surface area contributed by atoms with E-state index in [1.165, 1.54) is 12.8 Å². The summed E-state index contributed by atoms with van der Waals surface area (Å²) in [6.07, 6.45) is 5.67. The molecule has 112 valence electrons. The van der Waals surface area contributed by atoms with Crippen LogP contribution in [0.25, 0.3) is 0 Å². The largest absolute Gasteiger partial charge is 0.361 e. The van der Waals surface area contributed by atoms with Gasteiger partial charge in [0, 0.05) is 36.7 Å². The molecule has 0 bridgehead atoms. The Morgan fingerprint density at radius 1 is 1.05 bits per heavy atom. The van der Waals surface area contributed by atoms with Crippen molar-refractivity contribution in [2.24, 2.45) is 0 Å². The van der Waals surface area contributed by atoms with Crippen molar-refractivity contribution in [1.82, 2.24) is 15.3 Å². The van der Waals surface area contributed by atoms with Crippen LogP contribution >= 0.6 is 0 Å². The third-order valence-electron chi connectivity index (χ3n) is 4.13. The molecule has 2 aliphatic rings. The average molecular weight is 295 g/mol. The lowest BCUT2D eigenvalue weighted by Crippen LogP contribution is -2.38. The topological polar surface area (TPSA) is 70.2 Å². The number of nitrogens with one attached hydrogen (secondary N) is 2. The Bertz CT molecular complexity index is 694. The fraction of sp³-hybridized carbons (Fsp3) is 0.312. The number of nitrogens with zero attached hydrogens (tertiary/aromatic N) is 3. The number of benzene rings is 1. The minimum absolute atomic E-state index is 0.0806. The molecule has 0 aliphatic carbocycles. The Morgan fingerprint density at radius 3 is 2.55 bits per heavy atom. The third kappa shape index (κ3) is 2.26. The van der Waals surface area contributed by atoms with Gasteiger partial charge in [0.05, 0.1) is 5.56 Å². The first kappa shape index (κ1) is 13.1. The maximum Gasteiger partial charge on any atom is 0.255 e. The minimum Gasteiger partial charge on any atom is -0.361 e. The molecule has 1 saturated heterocycles.